The maximum Gasteiger partial charge on any atom is 0.247 e. The molecule has 1 aromatic heterocycles. The molecule has 24 heavy (non-hydrogen) atoms. The SMILES string of the molecule is CC(C(=O)N1CCCC1c1ccc2c(c1)OCCO2)n1cncn1. The molecule has 0 spiro atoms. The van der Waals surface area contributed by atoms with Crippen LogP contribution in [0.2, 0.25) is 0 Å². The van der Waals surface area contributed by atoms with Crippen molar-refractivity contribution in [3.8, 4) is 11.5 Å². The summed E-state index contributed by atoms with van der Waals surface area (Å²) in [7, 11) is 0. The van der Waals surface area contributed by atoms with Crippen LogP contribution in [-0.4, -0.2) is 45.3 Å². The second kappa shape index (κ2) is 6.14. The van der Waals surface area contributed by atoms with Crippen LogP contribution in [0.5, 0.6) is 11.5 Å². The fraction of sp³-hybridized carbons (Fsp3) is 0.471. The Morgan fingerprint density at radius 2 is 2.12 bits per heavy atom. The van der Waals surface area contributed by atoms with Crippen LogP contribution < -0.4 is 9.47 Å². The van der Waals surface area contributed by atoms with Crippen LogP contribution in [0.25, 0.3) is 0 Å². The first-order chi connectivity index (χ1) is 11.7. The Kier molecular flexibility index (Phi) is 3.84. The van der Waals surface area contributed by atoms with Gasteiger partial charge in [0.1, 0.15) is 31.9 Å². The largest absolute Gasteiger partial charge is 0.486 e. The molecule has 2 unspecified atom stereocenters. The van der Waals surface area contributed by atoms with Crippen molar-refractivity contribution in [3.63, 3.8) is 0 Å². The average Bonchev–Trinajstić information content (AvgIpc) is 3.31. The maximum absolute atomic E-state index is 12.9. The normalized spacial score (nSPS) is 20.9. The standard InChI is InChI=1S/C17H20N4O3/c1-12(21-11-18-10-19-21)17(22)20-6-2-3-14(20)13-4-5-15-16(9-13)24-8-7-23-15/h4-5,9-12,14H,2-3,6-8H2,1H3. The van der Waals surface area contributed by atoms with Gasteiger partial charge in [-0.25, -0.2) is 9.67 Å². The molecule has 2 aromatic rings. The summed E-state index contributed by atoms with van der Waals surface area (Å²) in [5, 5.41) is 4.09. The van der Waals surface area contributed by atoms with Gasteiger partial charge in [-0.05, 0) is 37.5 Å². The molecule has 1 saturated heterocycles. The van der Waals surface area contributed by atoms with Crippen molar-refractivity contribution in [3.05, 3.63) is 36.4 Å². The first-order valence-corrected chi connectivity index (χ1v) is 8.28. The van der Waals surface area contributed by atoms with E-state index in [-0.39, 0.29) is 18.0 Å². The lowest BCUT2D eigenvalue weighted by atomic mass is 10.0. The molecule has 2 atom stereocenters. The molecular weight excluding hydrogens is 308 g/mol. The van der Waals surface area contributed by atoms with Crippen LogP contribution in [0.4, 0.5) is 0 Å². The van der Waals surface area contributed by atoms with Crippen LogP contribution in [0.1, 0.15) is 37.4 Å². The summed E-state index contributed by atoms with van der Waals surface area (Å²) in [4.78, 5) is 18.8. The molecule has 2 aliphatic rings. The summed E-state index contributed by atoms with van der Waals surface area (Å²) in [6.45, 7) is 3.76. The number of hydrogen-bond donors (Lipinski definition) is 0. The predicted molar refractivity (Wildman–Crippen MR) is 85.9 cm³/mol. The van der Waals surface area contributed by atoms with Gasteiger partial charge in [0.25, 0.3) is 0 Å². The zero-order chi connectivity index (χ0) is 16.5. The highest BCUT2D eigenvalue weighted by Crippen LogP contribution is 2.38. The van der Waals surface area contributed by atoms with Crippen LogP contribution in [-0.2, 0) is 4.79 Å². The van der Waals surface area contributed by atoms with E-state index in [0.717, 1.165) is 36.4 Å². The van der Waals surface area contributed by atoms with Crippen molar-refractivity contribution in [2.45, 2.75) is 31.8 Å². The number of benzene rings is 1. The van der Waals surface area contributed by atoms with Crippen molar-refractivity contribution in [2.75, 3.05) is 19.8 Å². The summed E-state index contributed by atoms with van der Waals surface area (Å²) in [5.74, 6) is 1.61. The highest BCUT2D eigenvalue weighted by molar-refractivity contribution is 5.80. The van der Waals surface area contributed by atoms with E-state index >= 15 is 0 Å². The number of amides is 1. The molecule has 0 aliphatic carbocycles. The minimum atomic E-state index is -0.356. The molecule has 7 heteroatoms. The number of nitrogens with zero attached hydrogens (tertiary/aromatic N) is 4. The molecule has 0 saturated carbocycles. The van der Waals surface area contributed by atoms with E-state index in [1.54, 1.807) is 11.0 Å². The summed E-state index contributed by atoms with van der Waals surface area (Å²) in [6.07, 6.45) is 4.98. The lowest BCUT2D eigenvalue weighted by Crippen LogP contribution is -2.36. The number of carbonyl (C=O) groups is 1. The highest BCUT2D eigenvalue weighted by atomic mass is 16.6. The van der Waals surface area contributed by atoms with Gasteiger partial charge in [-0.15, -0.1) is 0 Å². The van der Waals surface area contributed by atoms with E-state index in [9.17, 15) is 4.79 Å². The van der Waals surface area contributed by atoms with Gasteiger partial charge in [0.2, 0.25) is 5.91 Å². The topological polar surface area (TPSA) is 69.5 Å². The van der Waals surface area contributed by atoms with E-state index in [1.807, 2.05) is 30.0 Å². The number of rotatable bonds is 3. The molecule has 126 valence electrons. The molecule has 2 aliphatic heterocycles. The third kappa shape index (κ3) is 2.60. The molecule has 1 aromatic carbocycles. The van der Waals surface area contributed by atoms with E-state index < -0.39 is 0 Å². The van der Waals surface area contributed by atoms with E-state index in [2.05, 4.69) is 10.1 Å². The van der Waals surface area contributed by atoms with Gasteiger partial charge in [-0.3, -0.25) is 4.79 Å². The number of aromatic nitrogens is 3. The minimum Gasteiger partial charge on any atom is -0.486 e. The van der Waals surface area contributed by atoms with Gasteiger partial charge in [0, 0.05) is 6.54 Å². The molecule has 7 nitrogen and oxygen atoms in total. The minimum absolute atomic E-state index is 0.0675. The second-order valence-corrected chi connectivity index (χ2v) is 6.14. The summed E-state index contributed by atoms with van der Waals surface area (Å²) in [6, 6.07) is 5.69. The van der Waals surface area contributed by atoms with Crippen molar-refractivity contribution >= 4 is 5.91 Å². The average molecular weight is 328 g/mol. The van der Waals surface area contributed by atoms with E-state index in [0.29, 0.717) is 13.2 Å². The van der Waals surface area contributed by atoms with Crippen LogP contribution in [0, 0.1) is 0 Å². The third-order valence-corrected chi connectivity index (χ3v) is 4.68. The molecule has 0 bridgehead atoms. The Bertz CT molecular complexity index is 731. The molecule has 1 amide bonds. The monoisotopic (exact) mass is 328 g/mol. The Hall–Kier alpha value is -2.57. The Balaban J connectivity index is 1.57. The van der Waals surface area contributed by atoms with E-state index in [4.69, 9.17) is 9.47 Å². The zero-order valence-electron chi connectivity index (χ0n) is 13.6. The smallest absolute Gasteiger partial charge is 0.247 e. The molecular formula is C17H20N4O3. The summed E-state index contributed by atoms with van der Waals surface area (Å²) >= 11 is 0. The number of likely N-dealkylation sites (tertiary alicyclic amines) is 1. The Morgan fingerprint density at radius 3 is 2.92 bits per heavy atom. The number of carbonyl (C=O) groups excluding carboxylic acids is 1. The summed E-state index contributed by atoms with van der Waals surface area (Å²) < 4.78 is 12.9. The number of hydrogen-bond acceptors (Lipinski definition) is 5. The molecule has 3 heterocycles. The van der Waals surface area contributed by atoms with Gasteiger partial charge in [0.15, 0.2) is 11.5 Å². The lowest BCUT2D eigenvalue weighted by Gasteiger charge is -2.28. The van der Waals surface area contributed by atoms with Crippen LogP contribution in [0.3, 0.4) is 0 Å². The summed E-state index contributed by atoms with van der Waals surface area (Å²) in [5.41, 5.74) is 1.09. The van der Waals surface area contributed by atoms with Crippen LogP contribution in [0.15, 0.2) is 30.9 Å². The molecule has 0 N–H and O–H groups in total. The van der Waals surface area contributed by atoms with Crippen molar-refractivity contribution in [1.29, 1.82) is 0 Å². The van der Waals surface area contributed by atoms with Gasteiger partial charge in [-0.1, -0.05) is 6.07 Å². The van der Waals surface area contributed by atoms with Crippen molar-refractivity contribution in [2.24, 2.45) is 0 Å². The Labute approximate surface area is 140 Å². The Morgan fingerprint density at radius 1 is 1.29 bits per heavy atom. The van der Waals surface area contributed by atoms with Gasteiger partial charge >= 0.3 is 0 Å². The number of fused-ring (bicyclic) bond motifs is 1. The highest BCUT2D eigenvalue weighted by Gasteiger charge is 2.33. The first kappa shape index (κ1) is 15.0. The van der Waals surface area contributed by atoms with Gasteiger partial charge in [-0.2, -0.15) is 5.10 Å². The van der Waals surface area contributed by atoms with Crippen LogP contribution >= 0.6 is 0 Å². The third-order valence-electron chi connectivity index (χ3n) is 4.68. The van der Waals surface area contributed by atoms with E-state index in [1.165, 1.54) is 6.33 Å². The maximum atomic E-state index is 12.9. The lowest BCUT2D eigenvalue weighted by molar-refractivity contribution is -0.135. The number of ether oxygens (including phenoxy) is 2. The van der Waals surface area contributed by atoms with Crippen molar-refractivity contribution < 1.29 is 14.3 Å². The predicted octanol–water partition coefficient (Wildman–Crippen LogP) is 1.97. The fourth-order valence-corrected chi connectivity index (χ4v) is 3.41. The quantitative estimate of drug-likeness (QED) is 0.861. The molecule has 4 rings (SSSR count). The first-order valence-electron chi connectivity index (χ1n) is 8.28. The fourth-order valence-electron chi connectivity index (χ4n) is 3.41. The van der Waals surface area contributed by atoms with Gasteiger partial charge < -0.3 is 14.4 Å². The van der Waals surface area contributed by atoms with Crippen molar-refractivity contribution in [1.82, 2.24) is 19.7 Å². The zero-order valence-corrected chi connectivity index (χ0v) is 13.6. The second-order valence-electron chi connectivity index (χ2n) is 6.14. The molecule has 0 radical (unpaired) electrons. The van der Waals surface area contributed by atoms with Gasteiger partial charge in [0.05, 0.1) is 6.04 Å². The molecule has 1 fully saturated rings.